The summed E-state index contributed by atoms with van der Waals surface area (Å²) in [5.74, 6) is 0.100. The summed E-state index contributed by atoms with van der Waals surface area (Å²) < 4.78 is 1.49. The van der Waals surface area contributed by atoms with E-state index >= 15 is 0 Å². The number of anilines is 3. The molecule has 1 aromatic carbocycles. The monoisotopic (exact) mass is 365 g/mol. The Labute approximate surface area is 157 Å². The highest BCUT2D eigenvalue weighted by molar-refractivity contribution is 5.92. The number of para-hydroxylation sites is 1. The molecule has 8 nitrogen and oxygen atoms in total. The molecule has 8 heteroatoms. The molecule has 1 saturated carbocycles. The molecule has 0 unspecified atom stereocenters. The molecule has 6 N–H and O–H groups in total. The normalized spacial score (nSPS) is 19.7. The van der Waals surface area contributed by atoms with E-state index in [-0.39, 0.29) is 11.7 Å². The summed E-state index contributed by atoms with van der Waals surface area (Å²) in [5.41, 5.74) is 13.9. The summed E-state index contributed by atoms with van der Waals surface area (Å²) in [6.45, 7) is 0. The van der Waals surface area contributed by atoms with Crippen molar-refractivity contribution < 1.29 is 4.79 Å². The van der Waals surface area contributed by atoms with Gasteiger partial charge in [-0.25, -0.2) is 9.50 Å². The van der Waals surface area contributed by atoms with Gasteiger partial charge in [-0.1, -0.05) is 18.2 Å². The van der Waals surface area contributed by atoms with E-state index < -0.39 is 5.91 Å². The van der Waals surface area contributed by atoms with E-state index in [2.05, 4.69) is 20.7 Å². The van der Waals surface area contributed by atoms with Gasteiger partial charge in [0.15, 0.2) is 5.65 Å². The fourth-order valence-electron chi connectivity index (χ4n) is 3.45. The molecule has 0 bridgehead atoms. The van der Waals surface area contributed by atoms with Gasteiger partial charge in [-0.2, -0.15) is 0 Å². The van der Waals surface area contributed by atoms with Gasteiger partial charge < -0.3 is 22.1 Å². The Morgan fingerprint density at radius 2 is 1.89 bits per heavy atom. The van der Waals surface area contributed by atoms with Gasteiger partial charge in [0.25, 0.3) is 5.91 Å². The predicted octanol–water partition coefficient (Wildman–Crippen LogP) is 2.25. The lowest BCUT2D eigenvalue weighted by atomic mass is 9.92. The highest BCUT2D eigenvalue weighted by atomic mass is 16.1. The number of imidazole rings is 1. The third-order valence-corrected chi connectivity index (χ3v) is 4.90. The minimum Gasteiger partial charge on any atom is -0.366 e. The number of carbonyl (C=O) groups excluding carboxylic acids is 1. The molecule has 1 aliphatic rings. The summed E-state index contributed by atoms with van der Waals surface area (Å²) in [5, 5.41) is 11.4. The van der Waals surface area contributed by atoms with Crippen LogP contribution in [0.5, 0.6) is 0 Å². The smallest absolute Gasteiger partial charge is 0.269 e. The van der Waals surface area contributed by atoms with E-state index in [9.17, 15) is 4.79 Å². The first-order valence-corrected chi connectivity index (χ1v) is 9.13. The minimum absolute atomic E-state index is 0.246. The first-order chi connectivity index (χ1) is 13.1. The molecule has 1 amide bonds. The number of nitrogens with two attached hydrogens (primary N) is 2. The quantitative estimate of drug-likeness (QED) is 0.550. The number of rotatable bonds is 5. The van der Waals surface area contributed by atoms with Crippen molar-refractivity contribution in [1.82, 2.24) is 14.6 Å². The average Bonchev–Trinajstić information content (AvgIpc) is 3.09. The standard InChI is InChI=1S/C19H23N7O/c20-12-6-8-14(9-7-12)24-17-10-15(23-13-4-2-1-3-5-13)19-22-11-16(18(21)27)26(19)25-17/h1-5,10-12,14,23H,6-9,20H2,(H2,21,27)(H,24,25)/t12-,14-. The van der Waals surface area contributed by atoms with E-state index in [1.807, 2.05) is 36.4 Å². The molecule has 0 aliphatic heterocycles. The van der Waals surface area contributed by atoms with Crippen LogP contribution >= 0.6 is 0 Å². The van der Waals surface area contributed by atoms with E-state index in [1.54, 1.807) is 0 Å². The lowest BCUT2D eigenvalue weighted by molar-refractivity contribution is 0.0993. The van der Waals surface area contributed by atoms with Crippen LogP contribution in [0, 0.1) is 0 Å². The zero-order valence-electron chi connectivity index (χ0n) is 14.9. The zero-order chi connectivity index (χ0) is 18.8. The lowest BCUT2D eigenvalue weighted by Gasteiger charge is -2.27. The van der Waals surface area contributed by atoms with Gasteiger partial charge in [0.1, 0.15) is 11.5 Å². The van der Waals surface area contributed by atoms with Gasteiger partial charge in [0.2, 0.25) is 0 Å². The number of primary amides is 1. The van der Waals surface area contributed by atoms with Crippen LogP contribution in [-0.4, -0.2) is 32.6 Å². The Balaban J connectivity index is 1.70. The third kappa shape index (κ3) is 3.70. The molecule has 0 radical (unpaired) electrons. The summed E-state index contributed by atoms with van der Waals surface area (Å²) in [6.07, 6.45) is 5.42. The fourth-order valence-corrected chi connectivity index (χ4v) is 3.45. The third-order valence-electron chi connectivity index (χ3n) is 4.90. The molecular weight excluding hydrogens is 342 g/mol. The van der Waals surface area contributed by atoms with E-state index in [4.69, 9.17) is 11.5 Å². The molecule has 0 atom stereocenters. The number of hydrogen-bond donors (Lipinski definition) is 4. The maximum atomic E-state index is 11.7. The highest BCUT2D eigenvalue weighted by Gasteiger charge is 2.20. The minimum atomic E-state index is -0.568. The SMILES string of the molecule is NC(=O)c1cnc2c(Nc3ccccc3)cc(N[C@H]3CC[C@H](N)CC3)nn12. The van der Waals surface area contributed by atoms with Crippen LogP contribution in [-0.2, 0) is 0 Å². The Kier molecular flexibility index (Phi) is 4.64. The van der Waals surface area contributed by atoms with Crippen LogP contribution in [0.1, 0.15) is 36.2 Å². The van der Waals surface area contributed by atoms with Gasteiger partial charge in [-0.05, 0) is 37.8 Å². The Morgan fingerprint density at radius 3 is 2.59 bits per heavy atom. The summed E-state index contributed by atoms with van der Waals surface area (Å²) in [4.78, 5) is 16.1. The van der Waals surface area contributed by atoms with Crippen molar-refractivity contribution in [1.29, 1.82) is 0 Å². The fraction of sp³-hybridized carbons (Fsp3) is 0.316. The van der Waals surface area contributed by atoms with Gasteiger partial charge in [-0.3, -0.25) is 4.79 Å². The van der Waals surface area contributed by atoms with Crippen molar-refractivity contribution >= 4 is 28.7 Å². The first kappa shape index (κ1) is 17.3. The first-order valence-electron chi connectivity index (χ1n) is 9.13. The number of nitrogens with one attached hydrogen (secondary N) is 2. The number of amides is 1. The number of benzene rings is 1. The second kappa shape index (κ2) is 7.24. The predicted molar refractivity (Wildman–Crippen MR) is 105 cm³/mol. The van der Waals surface area contributed by atoms with Crippen LogP contribution < -0.4 is 22.1 Å². The summed E-state index contributed by atoms with van der Waals surface area (Å²) in [7, 11) is 0. The maximum absolute atomic E-state index is 11.7. The Hall–Kier alpha value is -3.13. The van der Waals surface area contributed by atoms with Crippen molar-refractivity contribution in [3.63, 3.8) is 0 Å². The molecule has 0 spiro atoms. The van der Waals surface area contributed by atoms with Crippen LogP contribution in [0.4, 0.5) is 17.2 Å². The van der Waals surface area contributed by atoms with Crippen LogP contribution in [0.15, 0.2) is 42.6 Å². The summed E-state index contributed by atoms with van der Waals surface area (Å²) >= 11 is 0. The molecule has 3 aromatic rings. The molecule has 2 aromatic heterocycles. The van der Waals surface area contributed by atoms with Crippen LogP contribution in [0.2, 0.25) is 0 Å². The second-order valence-corrected chi connectivity index (χ2v) is 6.93. The number of nitrogens with zero attached hydrogens (tertiary/aromatic N) is 3. The van der Waals surface area contributed by atoms with E-state index in [0.717, 1.165) is 37.1 Å². The second-order valence-electron chi connectivity index (χ2n) is 6.93. The number of aromatic nitrogens is 3. The van der Waals surface area contributed by atoms with Crippen molar-refractivity contribution in [3.8, 4) is 0 Å². The summed E-state index contributed by atoms with van der Waals surface area (Å²) in [6, 6.07) is 12.3. The highest BCUT2D eigenvalue weighted by Crippen LogP contribution is 2.26. The van der Waals surface area contributed by atoms with E-state index in [0.29, 0.717) is 17.5 Å². The topological polar surface area (TPSA) is 123 Å². The average molecular weight is 365 g/mol. The molecule has 4 rings (SSSR count). The van der Waals surface area contributed by atoms with Gasteiger partial charge in [0, 0.05) is 23.8 Å². The molecule has 140 valence electrons. The molecular formula is C19H23N7O. The van der Waals surface area contributed by atoms with Crippen molar-refractivity contribution in [3.05, 3.63) is 48.3 Å². The van der Waals surface area contributed by atoms with Crippen LogP contribution in [0.3, 0.4) is 0 Å². The van der Waals surface area contributed by atoms with Crippen molar-refractivity contribution in [2.24, 2.45) is 11.5 Å². The van der Waals surface area contributed by atoms with Crippen LogP contribution in [0.25, 0.3) is 5.65 Å². The molecule has 0 saturated heterocycles. The van der Waals surface area contributed by atoms with Crippen molar-refractivity contribution in [2.45, 2.75) is 37.8 Å². The van der Waals surface area contributed by atoms with Crippen molar-refractivity contribution in [2.75, 3.05) is 10.6 Å². The van der Waals surface area contributed by atoms with Gasteiger partial charge >= 0.3 is 0 Å². The lowest BCUT2D eigenvalue weighted by Crippen LogP contribution is -2.33. The molecule has 1 aliphatic carbocycles. The number of hydrogen-bond acceptors (Lipinski definition) is 6. The zero-order valence-corrected chi connectivity index (χ0v) is 14.9. The van der Waals surface area contributed by atoms with Gasteiger partial charge in [0.05, 0.1) is 11.9 Å². The van der Waals surface area contributed by atoms with Gasteiger partial charge in [-0.15, -0.1) is 5.10 Å². The van der Waals surface area contributed by atoms with E-state index in [1.165, 1.54) is 10.7 Å². The Bertz CT molecular complexity index is 945. The molecule has 1 fully saturated rings. The molecule has 2 heterocycles. The molecule has 27 heavy (non-hydrogen) atoms. The number of carbonyl (C=O) groups is 1. The Morgan fingerprint density at radius 1 is 1.15 bits per heavy atom. The maximum Gasteiger partial charge on any atom is 0.269 e. The largest absolute Gasteiger partial charge is 0.366 e. The number of fused-ring (bicyclic) bond motifs is 1.